The molecule has 0 aliphatic carbocycles. The van der Waals surface area contributed by atoms with Crippen molar-refractivity contribution in [1.29, 1.82) is 0 Å². The lowest BCUT2D eigenvalue weighted by Crippen LogP contribution is -2.23. The Morgan fingerprint density at radius 3 is 2.59 bits per heavy atom. The van der Waals surface area contributed by atoms with E-state index in [1.165, 1.54) is 0 Å². The first kappa shape index (κ1) is 11.7. The second-order valence-corrected chi connectivity index (χ2v) is 5.15. The van der Waals surface area contributed by atoms with E-state index in [1.54, 1.807) is 6.07 Å². The lowest BCUT2D eigenvalue weighted by atomic mass is 10.2. The summed E-state index contributed by atoms with van der Waals surface area (Å²) < 4.78 is 10.7. The molecule has 0 fully saturated rings. The SMILES string of the molecule is Cc1ccc2cc(C(=O)OC(C)(C)C)oc2c1. The highest BCUT2D eigenvalue weighted by atomic mass is 16.6. The first-order valence-electron chi connectivity index (χ1n) is 5.59. The second kappa shape index (κ2) is 3.91. The van der Waals surface area contributed by atoms with E-state index in [4.69, 9.17) is 9.15 Å². The summed E-state index contributed by atoms with van der Waals surface area (Å²) in [5, 5.41) is 0.913. The van der Waals surface area contributed by atoms with Crippen LogP contribution < -0.4 is 0 Å². The fourth-order valence-electron chi connectivity index (χ4n) is 1.57. The number of hydrogen-bond donors (Lipinski definition) is 0. The van der Waals surface area contributed by atoms with Gasteiger partial charge in [0.15, 0.2) is 0 Å². The van der Waals surface area contributed by atoms with Gasteiger partial charge in [0.1, 0.15) is 11.2 Å². The molecule has 1 aromatic carbocycles. The molecule has 0 N–H and O–H groups in total. The number of esters is 1. The van der Waals surface area contributed by atoms with Crippen molar-refractivity contribution in [2.75, 3.05) is 0 Å². The van der Waals surface area contributed by atoms with Crippen molar-refractivity contribution in [3.8, 4) is 0 Å². The van der Waals surface area contributed by atoms with Gasteiger partial charge in [-0.1, -0.05) is 12.1 Å². The summed E-state index contributed by atoms with van der Waals surface area (Å²) >= 11 is 0. The molecule has 0 bridgehead atoms. The number of rotatable bonds is 1. The van der Waals surface area contributed by atoms with Gasteiger partial charge >= 0.3 is 5.97 Å². The zero-order valence-corrected chi connectivity index (χ0v) is 10.5. The van der Waals surface area contributed by atoms with Gasteiger partial charge in [-0.15, -0.1) is 0 Å². The molecule has 90 valence electrons. The van der Waals surface area contributed by atoms with E-state index in [2.05, 4.69) is 0 Å². The van der Waals surface area contributed by atoms with Crippen molar-refractivity contribution in [3.05, 3.63) is 35.6 Å². The smallest absolute Gasteiger partial charge is 0.374 e. The second-order valence-electron chi connectivity index (χ2n) is 5.15. The van der Waals surface area contributed by atoms with Crippen molar-refractivity contribution in [2.45, 2.75) is 33.3 Å². The quantitative estimate of drug-likeness (QED) is 0.704. The number of hydrogen-bond acceptors (Lipinski definition) is 3. The van der Waals surface area contributed by atoms with Crippen molar-refractivity contribution in [2.24, 2.45) is 0 Å². The molecule has 0 atom stereocenters. The Bertz CT molecular complexity index is 558. The molecule has 17 heavy (non-hydrogen) atoms. The van der Waals surface area contributed by atoms with Crippen LogP contribution in [-0.2, 0) is 4.74 Å². The molecule has 0 amide bonds. The number of furan rings is 1. The van der Waals surface area contributed by atoms with Crippen molar-refractivity contribution in [3.63, 3.8) is 0 Å². The third-order valence-corrected chi connectivity index (χ3v) is 2.28. The number of carbonyl (C=O) groups is 1. The Morgan fingerprint density at radius 1 is 1.24 bits per heavy atom. The van der Waals surface area contributed by atoms with Gasteiger partial charge in [-0.05, 0) is 45.4 Å². The lowest BCUT2D eigenvalue weighted by molar-refractivity contribution is 0.00382. The highest BCUT2D eigenvalue weighted by Gasteiger charge is 2.20. The van der Waals surface area contributed by atoms with E-state index in [0.29, 0.717) is 5.58 Å². The van der Waals surface area contributed by atoms with Crippen molar-refractivity contribution < 1.29 is 13.9 Å². The first-order valence-corrected chi connectivity index (χ1v) is 5.59. The van der Waals surface area contributed by atoms with Crippen molar-refractivity contribution in [1.82, 2.24) is 0 Å². The Hall–Kier alpha value is -1.77. The number of carbonyl (C=O) groups excluding carboxylic acids is 1. The lowest BCUT2D eigenvalue weighted by Gasteiger charge is -2.18. The standard InChI is InChI=1S/C14H16O3/c1-9-5-6-10-8-12(16-11(10)7-9)13(15)17-14(2,3)4/h5-8H,1-4H3. The highest BCUT2D eigenvalue weighted by Crippen LogP contribution is 2.22. The average molecular weight is 232 g/mol. The third kappa shape index (κ3) is 2.67. The molecule has 0 saturated carbocycles. The van der Waals surface area contributed by atoms with Crippen LogP contribution in [0.2, 0.25) is 0 Å². The molecule has 1 heterocycles. The predicted octanol–water partition coefficient (Wildman–Crippen LogP) is 3.70. The molecule has 0 unspecified atom stereocenters. The van der Waals surface area contributed by atoms with Gasteiger partial charge in [0.25, 0.3) is 0 Å². The molecule has 3 nitrogen and oxygen atoms in total. The Balaban J connectivity index is 2.33. The van der Waals surface area contributed by atoms with E-state index in [0.717, 1.165) is 10.9 Å². The normalized spacial score (nSPS) is 11.8. The van der Waals surface area contributed by atoms with Crippen LogP contribution in [0.1, 0.15) is 36.9 Å². The zero-order valence-electron chi connectivity index (χ0n) is 10.5. The maximum absolute atomic E-state index is 11.8. The molecule has 1 aromatic heterocycles. The monoisotopic (exact) mass is 232 g/mol. The minimum atomic E-state index is -0.508. The molecular weight excluding hydrogens is 216 g/mol. The van der Waals surface area contributed by atoms with Gasteiger partial charge in [-0.25, -0.2) is 4.79 Å². The highest BCUT2D eigenvalue weighted by molar-refractivity contribution is 5.92. The van der Waals surface area contributed by atoms with Crippen LogP contribution in [0.3, 0.4) is 0 Å². The summed E-state index contributed by atoms with van der Waals surface area (Å²) in [6.07, 6.45) is 0. The molecule has 0 aliphatic heterocycles. The van der Waals surface area contributed by atoms with Crippen LogP contribution in [0, 0.1) is 6.92 Å². The zero-order chi connectivity index (χ0) is 12.6. The predicted molar refractivity (Wildman–Crippen MR) is 66.1 cm³/mol. The van der Waals surface area contributed by atoms with Gasteiger partial charge in [-0.3, -0.25) is 0 Å². The third-order valence-electron chi connectivity index (χ3n) is 2.28. The maximum atomic E-state index is 11.8. The number of aryl methyl sites for hydroxylation is 1. The summed E-state index contributed by atoms with van der Waals surface area (Å²) in [6.45, 7) is 7.47. The first-order chi connectivity index (χ1) is 7.85. The molecule has 0 radical (unpaired) electrons. The van der Waals surface area contributed by atoms with E-state index in [9.17, 15) is 4.79 Å². The molecule has 3 heteroatoms. The van der Waals surface area contributed by atoms with Crippen LogP contribution in [0.5, 0.6) is 0 Å². The fourth-order valence-corrected chi connectivity index (χ4v) is 1.57. The minimum Gasteiger partial charge on any atom is -0.454 e. The van der Waals surface area contributed by atoms with Gasteiger partial charge in [0.2, 0.25) is 5.76 Å². The van der Waals surface area contributed by atoms with Crippen LogP contribution in [0.15, 0.2) is 28.7 Å². The topological polar surface area (TPSA) is 39.4 Å². The molecule has 0 saturated heterocycles. The Morgan fingerprint density at radius 2 is 1.94 bits per heavy atom. The minimum absolute atomic E-state index is 0.250. The van der Waals surface area contributed by atoms with E-state index < -0.39 is 11.6 Å². The number of benzene rings is 1. The number of fused-ring (bicyclic) bond motifs is 1. The van der Waals surface area contributed by atoms with Crippen LogP contribution >= 0.6 is 0 Å². The Kier molecular flexibility index (Phi) is 2.69. The molecular formula is C14H16O3. The maximum Gasteiger partial charge on any atom is 0.374 e. The largest absolute Gasteiger partial charge is 0.454 e. The van der Waals surface area contributed by atoms with Crippen LogP contribution in [-0.4, -0.2) is 11.6 Å². The van der Waals surface area contributed by atoms with Gasteiger partial charge in [0, 0.05) is 5.39 Å². The van der Waals surface area contributed by atoms with E-state index in [-0.39, 0.29) is 5.76 Å². The molecule has 0 aliphatic rings. The molecule has 0 spiro atoms. The summed E-state index contributed by atoms with van der Waals surface area (Å²) in [4.78, 5) is 11.8. The van der Waals surface area contributed by atoms with Gasteiger partial charge in [0.05, 0.1) is 0 Å². The summed E-state index contributed by atoms with van der Waals surface area (Å²) in [5.41, 5.74) is 1.31. The van der Waals surface area contributed by atoms with E-state index in [1.807, 2.05) is 45.9 Å². The summed E-state index contributed by atoms with van der Waals surface area (Å²) in [6, 6.07) is 7.53. The number of ether oxygens (including phenoxy) is 1. The average Bonchev–Trinajstić information content (AvgIpc) is 2.57. The van der Waals surface area contributed by atoms with Gasteiger partial charge in [-0.2, -0.15) is 0 Å². The molecule has 2 aromatic rings. The summed E-state index contributed by atoms with van der Waals surface area (Å²) in [7, 11) is 0. The Labute approximate surface area is 100 Å². The summed E-state index contributed by atoms with van der Waals surface area (Å²) in [5.74, 6) is -0.174. The van der Waals surface area contributed by atoms with Crippen molar-refractivity contribution >= 4 is 16.9 Å². The van der Waals surface area contributed by atoms with Crippen LogP contribution in [0.4, 0.5) is 0 Å². The molecule has 2 rings (SSSR count). The fraction of sp³-hybridized carbons (Fsp3) is 0.357. The van der Waals surface area contributed by atoms with Crippen LogP contribution in [0.25, 0.3) is 11.0 Å². The van der Waals surface area contributed by atoms with Gasteiger partial charge < -0.3 is 9.15 Å². The van der Waals surface area contributed by atoms with E-state index >= 15 is 0 Å².